The molecule has 2 aliphatic rings. The Bertz CT molecular complexity index is 534. The maximum Gasteiger partial charge on any atom is 0.494 e. The van der Waals surface area contributed by atoms with Crippen LogP contribution in [-0.2, 0) is 20.7 Å². The van der Waals surface area contributed by atoms with E-state index in [2.05, 4.69) is 0 Å². The highest BCUT2D eigenvalue weighted by Gasteiger charge is 2.51. The highest BCUT2D eigenvalue weighted by molar-refractivity contribution is 6.62. The number of fused-ring (bicyclic) bond motifs is 1. The lowest BCUT2D eigenvalue weighted by molar-refractivity contribution is 0.00578. The molecule has 0 radical (unpaired) electrons. The first-order chi connectivity index (χ1) is 8.80. The fraction of sp³-hybridized carbons (Fsp3) is 0.500. The summed E-state index contributed by atoms with van der Waals surface area (Å²) in [7, 11) is -0.441. The van der Waals surface area contributed by atoms with Gasteiger partial charge in [0.1, 0.15) is 6.61 Å². The van der Waals surface area contributed by atoms with Gasteiger partial charge in [-0.2, -0.15) is 0 Å². The summed E-state index contributed by atoms with van der Waals surface area (Å²) in [6, 6.07) is 5.65. The van der Waals surface area contributed by atoms with Gasteiger partial charge in [-0.1, -0.05) is 12.1 Å². The molecule has 1 saturated heterocycles. The number of benzene rings is 1. The summed E-state index contributed by atoms with van der Waals surface area (Å²) in [4.78, 5) is 11.6. The molecule has 1 aromatic rings. The number of hydrogen-bond donors (Lipinski definition) is 0. The Labute approximate surface area is 113 Å². The van der Waals surface area contributed by atoms with E-state index in [1.54, 1.807) is 0 Å². The van der Waals surface area contributed by atoms with Crippen molar-refractivity contribution in [1.82, 2.24) is 0 Å². The molecule has 0 aliphatic carbocycles. The van der Waals surface area contributed by atoms with Gasteiger partial charge in [0.15, 0.2) is 0 Å². The molecule has 2 heterocycles. The predicted molar refractivity (Wildman–Crippen MR) is 71.3 cm³/mol. The summed E-state index contributed by atoms with van der Waals surface area (Å²) in [6.45, 7) is 8.39. The third-order valence-corrected chi connectivity index (χ3v) is 4.24. The highest BCUT2D eigenvalue weighted by Crippen LogP contribution is 2.36. The molecule has 1 aromatic carbocycles. The Morgan fingerprint density at radius 1 is 1.11 bits per heavy atom. The summed E-state index contributed by atoms with van der Waals surface area (Å²) in [5.41, 5.74) is 1.64. The first kappa shape index (κ1) is 12.7. The lowest BCUT2D eigenvalue weighted by Gasteiger charge is -2.32. The number of carbonyl (C=O) groups is 1. The van der Waals surface area contributed by atoms with Gasteiger partial charge in [0, 0.05) is 5.56 Å². The molecule has 0 atom stereocenters. The van der Waals surface area contributed by atoms with Crippen LogP contribution in [0.4, 0.5) is 0 Å². The van der Waals surface area contributed by atoms with Gasteiger partial charge >= 0.3 is 13.1 Å². The quantitative estimate of drug-likeness (QED) is 0.569. The van der Waals surface area contributed by atoms with Crippen molar-refractivity contribution in [1.29, 1.82) is 0 Å². The second kappa shape index (κ2) is 3.84. The summed E-state index contributed by atoms with van der Waals surface area (Å²) in [6.07, 6.45) is 0. The molecule has 100 valence electrons. The molecular formula is C14H17BO4. The van der Waals surface area contributed by atoms with Gasteiger partial charge in [-0.15, -0.1) is 0 Å². The molecule has 2 aliphatic heterocycles. The molecule has 4 nitrogen and oxygen atoms in total. The topological polar surface area (TPSA) is 44.8 Å². The van der Waals surface area contributed by atoms with Crippen LogP contribution in [0, 0.1) is 0 Å². The molecule has 0 spiro atoms. The van der Waals surface area contributed by atoms with Gasteiger partial charge in [-0.3, -0.25) is 0 Å². The van der Waals surface area contributed by atoms with Crippen LogP contribution in [0.15, 0.2) is 18.2 Å². The van der Waals surface area contributed by atoms with Crippen LogP contribution in [0.1, 0.15) is 43.6 Å². The Kier molecular flexibility index (Phi) is 2.56. The zero-order valence-electron chi connectivity index (χ0n) is 11.6. The van der Waals surface area contributed by atoms with E-state index in [9.17, 15) is 4.79 Å². The number of rotatable bonds is 1. The summed E-state index contributed by atoms with van der Waals surface area (Å²) >= 11 is 0. The minimum atomic E-state index is -0.441. The minimum Gasteiger partial charge on any atom is -0.457 e. The van der Waals surface area contributed by atoms with Crippen LogP contribution in [0.2, 0.25) is 0 Å². The number of cyclic esters (lactones) is 1. The van der Waals surface area contributed by atoms with Gasteiger partial charge < -0.3 is 14.0 Å². The lowest BCUT2D eigenvalue weighted by Crippen LogP contribution is -2.41. The van der Waals surface area contributed by atoms with Crippen molar-refractivity contribution in [3.05, 3.63) is 29.3 Å². The van der Waals surface area contributed by atoms with Crippen LogP contribution < -0.4 is 5.46 Å². The molecule has 0 aromatic heterocycles. The molecule has 0 unspecified atom stereocenters. The molecule has 1 fully saturated rings. The van der Waals surface area contributed by atoms with Gasteiger partial charge in [-0.25, -0.2) is 4.79 Å². The Balaban J connectivity index is 1.93. The van der Waals surface area contributed by atoms with Crippen LogP contribution in [-0.4, -0.2) is 24.3 Å². The third kappa shape index (κ3) is 1.88. The van der Waals surface area contributed by atoms with Gasteiger partial charge in [0.25, 0.3) is 0 Å². The van der Waals surface area contributed by atoms with Crippen molar-refractivity contribution in [3.63, 3.8) is 0 Å². The van der Waals surface area contributed by atoms with Crippen molar-refractivity contribution in [2.75, 3.05) is 0 Å². The largest absolute Gasteiger partial charge is 0.494 e. The molecular weight excluding hydrogens is 243 g/mol. The van der Waals surface area contributed by atoms with E-state index in [0.717, 1.165) is 11.0 Å². The standard InChI is InChI=1S/C14H17BO4/c1-13(2)14(3,4)19-15(18-13)10-6-5-9-8-17-12(16)11(9)7-10/h5-7H,8H2,1-4H3. The first-order valence-electron chi connectivity index (χ1n) is 6.46. The van der Waals surface area contributed by atoms with Gasteiger partial charge in [-0.05, 0) is 39.2 Å². The van der Waals surface area contributed by atoms with Gasteiger partial charge in [0.05, 0.1) is 16.8 Å². The SMILES string of the molecule is CC1(C)OB(c2ccc3c(c2)C(=O)OC3)OC1(C)C. The summed E-state index contributed by atoms with van der Waals surface area (Å²) < 4.78 is 16.9. The molecule has 0 N–H and O–H groups in total. The molecule has 19 heavy (non-hydrogen) atoms. The van der Waals surface area contributed by atoms with Crippen molar-refractivity contribution >= 4 is 18.6 Å². The normalized spacial score (nSPS) is 23.4. The summed E-state index contributed by atoms with van der Waals surface area (Å²) in [5.74, 6) is -0.270. The lowest BCUT2D eigenvalue weighted by atomic mass is 9.78. The predicted octanol–water partition coefficient (Wildman–Crippen LogP) is 1.66. The number of ether oxygens (including phenoxy) is 1. The minimum absolute atomic E-state index is 0.270. The highest BCUT2D eigenvalue weighted by atomic mass is 16.7. The van der Waals surface area contributed by atoms with E-state index in [1.165, 1.54) is 0 Å². The molecule has 5 heteroatoms. The molecule has 0 bridgehead atoms. The average Bonchev–Trinajstić information content (AvgIpc) is 2.78. The third-order valence-electron chi connectivity index (χ3n) is 4.24. The Morgan fingerprint density at radius 3 is 2.37 bits per heavy atom. The smallest absolute Gasteiger partial charge is 0.457 e. The fourth-order valence-corrected chi connectivity index (χ4v) is 2.26. The Hall–Kier alpha value is -1.33. The van der Waals surface area contributed by atoms with E-state index in [-0.39, 0.29) is 17.2 Å². The second-order valence-corrected chi connectivity index (χ2v) is 6.08. The average molecular weight is 260 g/mol. The number of hydrogen-bond acceptors (Lipinski definition) is 4. The van der Waals surface area contributed by atoms with Crippen molar-refractivity contribution in [2.45, 2.75) is 45.5 Å². The van der Waals surface area contributed by atoms with E-state index >= 15 is 0 Å². The van der Waals surface area contributed by atoms with Crippen LogP contribution in [0.3, 0.4) is 0 Å². The molecule has 3 rings (SSSR count). The maximum atomic E-state index is 11.6. The van der Waals surface area contributed by atoms with Crippen LogP contribution in [0.5, 0.6) is 0 Å². The van der Waals surface area contributed by atoms with E-state index in [0.29, 0.717) is 12.2 Å². The molecule has 0 amide bonds. The fourth-order valence-electron chi connectivity index (χ4n) is 2.26. The van der Waals surface area contributed by atoms with Crippen molar-refractivity contribution < 1.29 is 18.8 Å². The number of esters is 1. The van der Waals surface area contributed by atoms with E-state index in [1.807, 2.05) is 45.9 Å². The second-order valence-electron chi connectivity index (χ2n) is 6.08. The Morgan fingerprint density at radius 2 is 1.74 bits per heavy atom. The van der Waals surface area contributed by atoms with E-state index in [4.69, 9.17) is 14.0 Å². The maximum absolute atomic E-state index is 11.6. The van der Waals surface area contributed by atoms with Crippen molar-refractivity contribution in [3.8, 4) is 0 Å². The summed E-state index contributed by atoms with van der Waals surface area (Å²) in [5, 5.41) is 0. The van der Waals surface area contributed by atoms with Crippen LogP contribution >= 0.6 is 0 Å². The zero-order chi connectivity index (χ0) is 13.8. The van der Waals surface area contributed by atoms with Crippen molar-refractivity contribution in [2.24, 2.45) is 0 Å². The van der Waals surface area contributed by atoms with Crippen LogP contribution in [0.25, 0.3) is 0 Å². The first-order valence-corrected chi connectivity index (χ1v) is 6.46. The van der Waals surface area contributed by atoms with E-state index < -0.39 is 7.12 Å². The van der Waals surface area contributed by atoms with Gasteiger partial charge in [0.2, 0.25) is 0 Å². The molecule has 0 saturated carbocycles. The zero-order valence-corrected chi connectivity index (χ0v) is 11.6. The number of carbonyl (C=O) groups excluding carboxylic acids is 1. The monoisotopic (exact) mass is 260 g/mol.